The minimum absolute atomic E-state index is 0.0767. The average Bonchev–Trinajstić information content (AvgIpc) is 2.48. The van der Waals surface area contributed by atoms with Gasteiger partial charge in [-0.15, -0.1) is 0 Å². The zero-order valence-electron chi connectivity index (χ0n) is 13.3. The highest BCUT2D eigenvalue weighted by Gasteiger charge is 2.04. The van der Waals surface area contributed by atoms with Crippen LogP contribution in [0.5, 0.6) is 5.75 Å². The van der Waals surface area contributed by atoms with Crippen LogP contribution < -0.4 is 10.2 Å². The number of rotatable bonds is 9. The van der Waals surface area contributed by atoms with Crippen molar-refractivity contribution in [2.45, 2.75) is 46.5 Å². The highest BCUT2D eigenvalue weighted by atomic mass is 16.5. The number of para-hydroxylation sites is 1. The number of hydrogen-bond acceptors (Lipinski definition) is 3. The van der Waals surface area contributed by atoms with Gasteiger partial charge in [0.2, 0.25) is 5.91 Å². The number of amides is 1. The number of ether oxygens (including phenoxy) is 1. The fourth-order valence-corrected chi connectivity index (χ4v) is 1.72. The third-order valence-corrected chi connectivity index (χ3v) is 3.08. The van der Waals surface area contributed by atoms with Gasteiger partial charge >= 0.3 is 0 Å². The molecule has 116 valence electrons. The van der Waals surface area contributed by atoms with Crippen LogP contribution in [0.4, 0.5) is 0 Å². The molecule has 1 amide bonds. The number of unbranched alkanes of at least 4 members (excludes halogenated alkanes) is 3. The van der Waals surface area contributed by atoms with Crippen LogP contribution in [-0.4, -0.2) is 18.7 Å². The zero-order valence-corrected chi connectivity index (χ0v) is 13.3. The van der Waals surface area contributed by atoms with Gasteiger partial charge < -0.3 is 4.74 Å². The van der Waals surface area contributed by atoms with Crippen LogP contribution in [0.25, 0.3) is 0 Å². The minimum Gasteiger partial charge on any atom is -0.493 e. The summed E-state index contributed by atoms with van der Waals surface area (Å²) < 4.78 is 5.78. The van der Waals surface area contributed by atoms with Gasteiger partial charge in [0, 0.05) is 11.5 Å². The standard InChI is InChI=1S/C17H26N2O2/c1-4-5-6-9-12-21-16-11-8-7-10-15(16)13-18-19-17(20)14(2)3/h7-8,10-11,13-14H,4-6,9,12H2,1-3H3,(H,19,20). The van der Waals surface area contributed by atoms with E-state index in [0.717, 1.165) is 17.7 Å². The molecule has 1 rings (SSSR count). The van der Waals surface area contributed by atoms with Crippen LogP contribution in [0.3, 0.4) is 0 Å². The fraction of sp³-hybridized carbons (Fsp3) is 0.529. The van der Waals surface area contributed by atoms with E-state index in [9.17, 15) is 4.79 Å². The topological polar surface area (TPSA) is 50.7 Å². The second-order valence-corrected chi connectivity index (χ2v) is 5.34. The van der Waals surface area contributed by atoms with Crippen LogP contribution >= 0.6 is 0 Å². The van der Waals surface area contributed by atoms with E-state index in [-0.39, 0.29) is 11.8 Å². The number of benzene rings is 1. The highest BCUT2D eigenvalue weighted by Crippen LogP contribution is 2.16. The molecule has 0 fully saturated rings. The molecule has 0 saturated carbocycles. The lowest BCUT2D eigenvalue weighted by atomic mass is 10.2. The molecule has 1 aromatic rings. The monoisotopic (exact) mass is 290 g/mol. The van der Waals surface area contributed by atoms with Gasteiger partial charge in [-0.2, -0.15) is 5.10 Å². The maximum atomic E-state index is 11.4. The van der Waals surface area contributed by atoms with Crippen LogP contribution in [-0.2, 0) is 4.79 Å². The van der Waals surface area contributed by atoms with E-state index in [1.165, 1.54) is 19.3 Å². The van der Waals surface area contributed by atoms with Gasteiger partial charge in [0.05, 0.1) is 12.8 Å². The molecule has 0 spiro atoms. The van der Waals surface area contributed by atoms with Gasteiger partial charge in [0.25, 0.3) is 0 Å². The predicted octanol–water partition coefficient (Wildman–Crippen LogP) is 3.75. The first-order chi connectivity index (χ1) is 10.1. The molecular formula is C17H26N2O2. The van der Waals surface area contributed by atoms with E-state index in [2.05, 4.69) is 17.5 Å². The lowest BCUT2D eigenvalue weighted by Crippen LogP contribution is -2.22. The molecule has 4 nitrogen and oxygen atoms in total. The third kappa shape index (κ3) is 6.93. The van der Waals surface area contributed by atoms with E-state index in [0.29, 0.717) is 6.61 Å². The molecule has 0 aliphatic rings. The second kappa shape index (κ2) is 9.97. The number of carbonyl (C=O) groups excluding carboxylic acids is 1. The number of hydrazone groups is 1. The van der Waals surface area contributed by atoms with Crippen LogP contribution in [0.1, 0.15) is 52.0 Å². The Kier molecular flexibility index (Phi) is 8.17. The Morgan fingerprint density at radius 1 is 1.29 bits per heavy atom. The average molecular weight is 290 g/mol. The lowest BCUT2D eigenvalue weighted by molar-refractivity contribution is -0.123. The van der Waals surface area contributed by atoms with Gasteiger partial charge in [-0.25, -0.2) is 5.43 Å². The van der Waals surface area contributed by atoms with Gasteiger partial charge in [-0.1, -0.05) is 52.2 Å². The molecule has 0 heterocycles. The van der Waals surface area contributed by atoms with E-state index in [4.69, 9.17) is 4.74 Å². The molecule has 0 unspecified atom stereocenters. The first-order valence-electron chi connectivity index (χ1n) is 7.70. The lowest BCUT2D eigenvalue weighted by Gasteiger charge is -2.08. The molecule has 0 atom stereocenters. The Morgan fingerprint density at radius 2 is 2.05 bits per heavy atom. The number of nitrogens with zero attached hydrogens (tertiary/aromatic N) is 1. The number of carbonyl (C=O) groups is 1. The Bertz CT molecular complexity index is 456. The van der Waals surface area contributed by atoms with Crippen molar-refractivity contribution in [3.05, 3.63) is 29.8 Å². The van der Waals surface area contributed by atoms with Gasteiger partial charge in [-0.3, -0.25) is 4.79 Å². The Labute approximate surface area is 127 Å². The van der Waals surface area contributed by atoms with Crippen molar-refractivity contribution in [3.63, 3.8) is 0 Å². The van der Waals surface area contributed by atoms with Crippen molar-refractivity contribution in [3.8, 4) is 5.75 Å². The summed E-state index contributed by atoms with van der Waals surface area (Å²) in [5, 5.41) is 3.98. The Hall–Kier alpha value is -1.84. The first-order valence-corrected chi connectivity index (χ1v) is 7.70. The summed E-state index contributed by atoms with van der Waals surface area (Å²) in [6.45, 7) is 6.57. The SMILES string of the molecule is CCCCCCOc1ccccc1C=NNC(=O)C(C)C. The van der Waals surface area contributed by atoms with Crippen LogP contribution in [0.15, 0.2) is 29.4 Å². The summed E-state index contributed by atoms with van der Waals surface area (Å²) in [4.78, 5) is 11.4. The summed E-state index contributed by atoms with van der Waals surface area (Å²) in [5.41, 5.74) is 3.39. The quantitative estimate of drug-likeness (QED) is 0.428. The van der Waals surface area contributed by atoms with Crippen molar-refractivity contribution in [2.75, 3.05) is 6.61 Å². The van der Waals surface area contributed by atoms with E-state index in [1.807, 2.05) is 38.1 Å². The van der Waals surface area contributed by atoms with Crippen molar-refractivity contribution in [1.29, 1.82) is 0 Å². The smallest absolute Gasteiger partial charge is 0.242 e. The summed E-state index contributed by atoms with van der Waals surface area (Å²) in [7, 11) is 0. The maximum absolute atomic E-state index is 11.4. The van der Waals surface area contributed by atoms with Crippen molar-refractivity contribution in [1.82, 2.24) is 5.43 Å². The molecule has 21 heavy (non-hydrogen) atoms. The minimum atomic E-state index is -0.0933. The molecule has 1 aromatic carbocycles. The fourth-order valence-electron chi connectivity index (χ4n) is 1.72. The van der Waals surface area contributed by atoms with Crippen molar-refractivity contribution < 1.29 is 9.53 Å². The maximum Gasteiger partial charge on any atom is 0.242 e. The molecule has 0 aromatic heterocycles. The first kappa shape index (κ1) is 17.2. The predicted molar refractivity (Wildman–Crippen MR) is 86.7 cm³/mol. The summed E-state index contributed by atoms with van der Waals surface area (Å²) in [6.07, 6.45) is 6.34. The molecular weight excluding hydrogens is 264 g/mol. The number of hydrogen-bond donors (Lipinski definition) is 1. The van der Waals surface area contributed by atoms with Crippen LogP contribution in [0, 0.1) is 5.92 Å². The molecule has 0 aliphatic carbocycles. The summed E-state index contributed by atoms with van der Waals surface area (Å²) >= 11 is 0. The molecule has 4 heteroatoms. The van der Waals surface area contributed by atoms with Crippen LogP contribution in [0.2, 0.25) is 0 Å². The molecule has 1 N–H and O–H groups in total. The molecule has 0 radical (unpaired) electrons. The molecule has 0 saturated heterocycles. The van der Waals surface area contributed by atoms with Crippen molar-refractivity contribution >= 4 is 12.1 Å². The molecule has 0 bridgehead atoms. The Morgan fingerprint density at radius 3 is 2.76 bits per heavy atom. The van der Waals surface area contributed by atoms with E-state index < -0.39 is 0 Å². The highest BCUT2D eigenvalue weighted by molar-refractivity contribution is 5.85. The van der Waals surface area contributed by atoms with Gasteiger partial charge in [0.1, 0.15) is 5.75 Å². The van der Waals surface area contributed by atoms with Gasteiger partial charge in [-0.05, 0) is 18.6 Å². The third-order valence-electron chi connectivity index (χ3n) is 3.08. The Balaban J connectivity index is 2.50. The normalized spacial score (nSPS) is 11.0. The summed E-state index contributed by atoms with van der Waals surface area (Å²) in [6, 6.07) is 7.71. The van der Waals surface area contributed by atoms with E-state index >= 15 is 0 Å². The van der Waals surface area contributed by atoms with E-state index in [1.54, 1.807) is 6.21 Å². The zero-order chi connectivity index (χ0) is 15.5. The summed E-state index contributed by atoms with van der Waals surface area (Å²) in [5.74, 6) is 0.632. The van der Waals surface area contributed by atoms with Crippen molar-refractivity contribution in [2.24, 2.45) is 11.0 Å². The molecule has 0 aliphatic heterocycles. The van der Waals surface area contributed by atoms with Gasteiger partial charge in [0.15, 0.2) is 0 Å². The number of nitrogens with one attached hydrogen (secondary N) is 1. The second-order valence-electron chi connectivity index (χ2n) is 5.34. The largest absolute Gasteiger partial charge is 0.493 e.